The molecule has 0 heterocycles. The number of nitrogens with zero attached hydrogens (tertiary/aromatic N) is 1. The van der Waals surface area contributed by atoms with Gasteiger partial charge < -0.3 is 4.74 Å². The van der Waals surface area contributed by atoms with Crippen LogP contribution in [0.5, 0.6) is 5.75 Å². The summed E-state index contributed by atoms with van der Waals surface area (Å²) in [6.45, 7) is 2.38. The van der Waals surface area contributed by atoms with E-state index in [-0.39, 0.29) is 0 Å². The highest BCUT2D eigenvalue weighted by Crippen LogP contribution is 2.36. The fraction of sp³-hybridized carbons (Fsp3) is 0.0870. The lowest BCUT2D eigenvalue weighted by Gasteiger charge is -2.12. The Kier molecular flexibility index (Phi) is 6.65. The summed E-state index contributed by atoms with van der Waals surface area (Å²) in [4.78, 5) is 0. The number of nitriles is 1. The first-order valence-electron chi connectivity index (χ1n) is 8.52. The zero-order chi connectivity index (χ0) is 20.1. The van der Waals surface area contributed by atoms with Crippen LogP contribution in [-0.4, -0.2) is 0 Å². The van der Waals surface area contributed by atoms with Crippen LogP contribution in [0.25, 0.3) is 11.6 Å². The lowest BCUT2D eigenvalue weighted by atomic mass is 10.0. The molecular weight excluding hydrogens is 413 g/mol. The predicted octanol–water partition coefficient (Wildman–Crippen LogP) is 7.60. The van der Waals surface area contributed by atoms with Crippen LogP contribution in [0.3, 0.4) is 0 Å². The molecule has 3 aromatic rings. The van der Waals surface area contributed by atoms with Crippen LogP contribution in [0.1, 0.15) is 22.3 Å². The van der Waals surface area contributed by atoms with Gasteiger partial charge in [-0.2, -0.15) is 5.26 Å². The second-order valence-corrected chi connectivity index (χ2v) is 7.46. The Morgan fingerprint density at radius 2 is 1.68 bits per heavy atom. The van der Waals surface area contributed by atoms with Crippen LogP contribution in [0.2, 0.25) is 15.1 Å². The van der Waals surface area contributed by atoms with E-state index in [0.29, 0.717) is 44.1 Å². The molecule has 0 aliphatic rings. The van der Waals surface area contributed by atoms with E-state index < -0.39 is 0 Å². The van der Waals surface area contributed by atoms with Gasteiger partial charge >= 0.3 is 0 Å². The zero-order valence-corrected chi connectivity index (χ0v) is 17.3. The van der Waals surface area contributed by atoms with Crippen LogP contribution in [0, 0.1) is 18.3 Å². The van der Waals surface area contributed by atoms with E-state index in [2.05, 4.69) is 6.07 Å². The summed E-state index contributed by atoms with van der Waals surface area (Å²) >= 11 is 19.0. The number of hydrogen-bond donors (Lipinski definition) is 0. The topological polar surface area (TPSA) is 33.0 Å². The molecule has 0 aliphatic carbocycles. The molecule has 3 rings (SSSR count). The molecule has 140 valence electrons. The summed E-state index contributed by atoms with van der Waals surface area (Å²) in [5.74, 6) is 0.415. The minimum Gasteiger partial charge on any atom is -0.486 e. The van der Waals surface area contributed by atoms with Crippen LogP contribution >= 0.6 is 34.8 Å². The van der Waals surface area contributed by atoms with Gasteiger partial charge in [-0.25, -0.2) is 0 Å². The van der Waals surface area contributed by atoms with Crippen molar-refractivity contribution in [3.8, 4) is 11.8 Å². The van der Waals surface area contributed by atoms with Gasteiger partial charge in [0.1, 0.15) is 6.61 Å². The Morgan fingerprint density at radius 3 is 2.32 bits per heavy atom. The van der Waals surface area contributed by atoms with Crippen LogP contribution in [0.15, 0.2) is 60.7 Å². The highest BCUT2D eigenvalue weighted by molar-refractivity contribution is 6.37. The third-order valence-electron chi connectivity index (χ3n) is 4.08. The number of aryl methyl sites for hydroxylation is 1. The first kappa shape index (κ1) is 20.3. The van der Waals surface area contributed by atoms with Gasteiger partial charge in [-0.15, -0.1) is 0 Å². The van der Waals surface area contributed by atoms with E-state index in [4.69, 9.17) is 39.5 Å². The van der Waals surface area contributed by atoms with Crippen molar-refractivity contribution in [3.05, 3.63) is 98.0 Å². The lowest BCUT2D eigenvalue weighted by Crippen LogP contribution is -1.97. The Balaban J connectivity index is 1.87. The van der Waals surface area contributed by atoms with Crippen molar-refractivity contribution in [2.45, 2.75) is 13.5 Å². The average molecular weight is 429 g/mol. The second kappa shape index (κ2) is 9.17. The molecule has 0 bridgehead atoms. The van der Waals surface area contributed by atoms with Gasteiger partial charge in [-0.1, -0.05) is 82.8 Å². The minimum atomic E-state index is 0.360. The normalized spacial score (nSPS) is 11.2. The van der Waals surface area contributed by atoms with E-state index in [9.17, 15) is 5.26 Å². The van der Waals surface area contributed by atoms with Crippen molar-refractivity contribution in [2.24, 2.45) is 0 Å². The largest absolute Gasteiger partial charge is 0.486 e. The number of rotatable bonds is 5. The number of hydrogen-bond acceptors (Lipinski definition) is 2. The predicted molar refractivity (Wildman–Crippen MR) is 117 cm³/mol. The smallest absolute Gasteiger partial charge is 0.157 e. The minimum absolute atomic E-state index is 0.360. The van der Waals surface area contributed by atoms with Crippen LogP contribution in [0.4, 0.5) is 0 Å². The molecule has 0 fully saturated rings. The zero-order valence-electron chi connectivity index (χ0n) is 15.0. The van der Waals surface area contributed by atoms with Gasteiger partial charge in [0.2, 0.25) is 0 Å². The molecule has 0 aliphatic heterocycles. The lowest BCUT2D eigenvalue weighted by molar-refractivity contribution is 0.306. The van der Waals surface area contributed by atoms with Gasteiger partial charge in [-0.05, 0) is 42.3 Å². The van der Waals surface area contributed by atoms with E-state index in [1.165, 1.54) is 0 Å². The summed E-state index contributed by atoms with van der Waals surface area (Å²) in [6.07, 6.45) is 1.70. The Morgan fingerprint density at radius 1 is 0.964 bits per heavy atom. The number of allylic oxidation sites excluding steroid dienone is 1. The van der Waals surface area contributed by atoms with Crippen molar-refractivity contribution in [1.29, 1.82) is 5.26 Å². The standard InChI is InChI=1S/C23H16Cl3NO/c1-15-5-4-6-16(9-15)14-28-23-21(25)11-17(12-22(23)26)10-18(13-27)19-7-2-3-8-20(19)24/h2-12H,14H2,1H3. The maximum atomic E-state index is 9.52. The van der Waals surface area contributed by atoms with Gasteiger partial charge in [0.05, 0.1) is 21.7 Å². The van der Waals surface area contributed by atoms with E-state index in [1.54, 1.807) is 30.3 Å². The third kappa shape index (κ3) is 4.88. The second-order valence-electron chi connectivity index (χ2n) is 6.24. The summed E-state index contributed by atoms with van der Waals surface area (Å²) in [5.41, 5.74) is 3.95. The van der Waals surface area contributed by atoms with Crippen molar-refractivity contribution in [3.63, 3.8) is 0 Å². The number of ether oxygens (including phenoxy) is 1. The first-order valence-corrected chi connectivity index (χ1v) is 9.65. The number of benzene rings is 3. The number of halogens is 3. The average Bonchev–Trinajstić information content (AvgIpc) is 2.66. The van der Waals surface area contributed by atoms with E-state index in [0.717, 1.165) is 11.1 Å². The van der Waals surface area contributed by atoms with Gasteiger partial charge in [0.15, 0.2) is 5.75 Å². The Bertz CT molecular complexity index is 1060. The molecule has 2 nitrogen and oxygen atoms in total. The molecule has 0 unspecified atom stereocenters. The van der Waals surface area contributed by atoms with Gasteiger partial charge in [0.25, 0.3) is 0 Å². The molecule has 5 heteroatoms. The molecule has 0 saturated carbocycles. The Labute approximate surface area is 179 Å². The van der Waals surface area contributed by atoms with Gasteiger partial charge in [-0.3, -0.25) is 0 Å². The third-order valence-corrected chi connectivity index (χ3v) is 4.97. The van der Waals surface area contributed by atoms with Gasteiger partial charge in [0, 0.05) is 10.6 Å². The molecule has 0 atom stereocenters. The van der Waals surface area contributed by atoms with Crippen molar-refractivity contribution >= 4 is 46.5 Å². The fourth-order valence-corrected chi connectivity index (χ4v) is 3.63. The first-order chi connectivity index (χ1) is 13.5. The van der Waals surface area contributed by atoms with Crippen LogP contribution < -0.4 is 4.74 Å². The summed E-state index contributed by atoms with van der Waals surface area (Å²) in [7, 11) is 0. The highest BCUT2D eigenvalue weighted by Gasteiger charge is 2.11. The van der Waals surface area contributed by atoms with Crippen LogP contribution in [-0.2, 0) is 6.61 Å². The summed E-state index contributed by atoms with van der Waals surface area (Å²) < 4.78 is 5.83. The summed E-state index contributed by atoms with van der Waals surface area (Å²) in [5, 5.41) is 10.8. The molecule has 0 aromatic heterocycles. The molecule has 3 aromatic carbocycles. The van der Waals surface area contributed by atoms with Crippen molar-refractivity contribution in [1.82, 2.24) is 0 Å². The molecule has 0 saturated heterocycles. The van der Waals surface area contributed by atoms with E-state index >= 15 is 0 Å². The molecule has 0 N–H and O–H groups in total. The fourth-order valence-electron chi connectivity index (χ4n) is 2.77. The summed E-state index contributed by atoms with van der Waals surface area (Å²) in [6, 6.07) is 20.8. The molecule has 0 spiro atoms. The van der Waals surface area contributed by atoms with Crippen molar-refractivity contribution < 1.29 is 4.74 Å². The van der Waals surface area contributed by atoms with Crippen molar-refractivity contribution in [2.75, 3.05) is 0 Å². The molecule has 28 heavy (non-hydrogen) atoms. The van der Waals surface area contributed by atoms with E-state index in [1.807, 2.05) is 43.3 Å². The highest BCUT2D eigenvalue weighted by atomic mass is 35.5. The maximum Gasteiger partial charge on any atom is 0.157 e. The Hall–Kier alpha value is -2.44. The SMILES string of the molecule is Cc1cccc(COc2c(Cl)cc(C=C(C#N)c3ccccc3Cl)cc2Cl)c1. The molecule has 0 radical (unpaired) electrons. The molecule has 0 amide bonds. The quantitative estimate of drug-likeness (QED) is 0.309. The maximum absolute atomic E-state index is 9.52. The molecular formula is C23H16Cl3NO. The monoisotopic (exact) mass is 427 g/mol.